The number of hydrogen-bond donors (Lipinski definition) is 1. The fraction of sp³-hybridized carbons (Fsp3) is 0.350. The zero-order chi connectivity index (χ0) is 37.1. The fourth-order valence-corrected chi connectivity index (χ4v) is 6.47. The number of halogens is 4. The molecule has 0 radical (unpaired) electrons. The summed E-state index contributed by atoms with van der Waals surface area (Å²) >= 11 is 15.0. The van der Waals surface area contributed by atoms with Crippen LogP contribution in [0.25, 0.3) is 22.2 Å². The molecule has 288 valence electrons. The highest BCUT2D eigenvalue weighted by Crippen LogP contribution is 2.29. The molecule has 2 aliphatic rings. The van der Waals surface area contributed by atoms with Gasteiger partial charge in [-0.2, -0.15) is 0 Å². The van der Waals surface area contributed by atoms with Crippen LogP contribution >= 0.6 is 51.5 Å². The second-order valence-corrected chi connectivity index (χ2v) is 15.0. The second-order valence-electron chi connectivity index (χ2n) is 13.3. The SMILES string of the molecule is BrCCOc1ccc2ncoc2c1.CC1(Oc2ccc(Cl)cc2)CCN(CCOc2ccc3ncoc3c2)C1.CC1(Oc2ccc(Cl)cc2)CCNC1.Cl. The number of aromatic nitrogens is 2. The molecular formula is C40H44BrCl3N4O6. The van der Waals surface area contributed by atoms with Crippen molar-refractivity contribution in [2.24, 2.45) is 0 Å². The summed E-state index contributed by atoms with van der Waals surface area (Å²) in [5, 5.41) is 5.58. The van der Waals surface area contributed by atoms with Crippen LogP contribution in [0.1, 0.15) is 26.7 Å². The van der Waals surface area contributed by atoms with E-state index in [4.69, 9.17) is 51.0 Å². The van der Waals surface area contributed by atoms with Gasteiger partial charge in [-0.3, -0.25) is 4.90 Å². The van der Waals surface area contributed by atoms with Gasteiger partial charge in [0.1, 0.15) is 51.8 Å². The Kier molecular flexibility index (Phi) is 15.2. The standard InChI is InChI=1S/C20H21ClN2O3.C11H14ClNO.C9H8BrNO2.ClH/c1-20(26-16-4-2-15(21)3-5-16)8-9-23(13-20)10-11-24-17-6-7-18-19(12-17)25-14-22-18;1-11(6-7-13-8-11)14-10-4-2-9(12)3-5-10;10-3-4-12-7-1-2-8-9(5-7)13-6-11-8;/h2-7,12,14H,8-11,13H2,1H3;2-5,13H,6-8H2,1H3;1-2,5-6H,3-4H2;1H. The summed E-state index contributed by atoms with van der Waals surface area (Å²) in [4.78, 5) is 10.5. The molecule has 4 heterocycles. The molecular weight excluding hydrogens is 819 g/mol. The first-order chi connectivity index (χ1) is 25.7. The Balaban J connectivity index is 0.000000169. The number of fused-ring (bicyclic) bond motifs is 2. The Bertz CT molecular complexity index is 2020. The lowest BCUT2D eigenvalue weighted by Crippen LogP contribution is -2.37. The number of likely N-dealkylation sites (tertiary alicyclic amines) is 1. The van der Waals surface area contributed by atoms with Crippen molar-refractivity contribution < 1.29 is 27.8 Å². The van der Waals surface area contributed by atoms with Crippen molar-refractivity contribution in [2.45, 2.75) is 37.9 Å². The van der Waals surface area contributed by atoms with Crippen LogP contribution in [0.4, 0.5) is 0 Å². The second kappa shape index (κ2) is 19.7. The Morgan fingerprint density at radius 2 is 1.24 bits per heavy atom. The predicted octanol–water partition coefficient (Wildman–Crippen LogP) is 9.90. The molecule has 0 aliphatic carbocycles. The van der Waals surface area contributed by atoms with Crippen LogP contribution in [0.2, 0.25) is 10.0 Å². The van der Waals surface area contributed by atoms with Crippen LogP contribution in [0.3, 0.4) is 0 Å². The lowest BCUT2D eigenvalue weighted by molar-refractivity contribution is 0.0935. The van der Waals surface area contributed by atoms with E-state index in [0.29, 0.717) is 13.2 Å². The van der Waals surface area contributed by atoms with E-state index in [-0.39, 0.29) is 23.6 Å². The van der Waals surface area contributed by atoms with Gasteiger partial charge in [-0.15, -0.1) is 12.4 Å². The Morgan fingerprint density at radius 3 is 1.76 bits per heavy atom. The summed E-state index contributed by atoms with van der Waals surface area (Å²) in [6.07, 6.45) is 4.91. The molecule has 2 unspecified atom stereocenters. The highest BCUT2D eigenvalue weighted by atomic mass is 79.9. The van der Waals surface area contributed by atoms with Gasteiger partial charge in [0.15, 0.2) is 24.0 Å². The van der Waals surface area contributed by atoms with Crippen LogP contribution in [-0.2, 0) is 0 Å². The summed E-state index contributed by atoms with van der Waals surface area (Å²) in [6, 6.07) is 26.4. The third-order valence-electron chi connectivity index (χ3n) is 8.83. The molecule has 14 heteroatoms. The molecule has 2 fully saturated rings. The molecule has 2 saturated heterocycles. The van der Waals surface area contributed by atoms with Gasteiger partial charge in [0, 0.05) is 66.5 Å². The summed E-state index contributed by atoms with van der Waals surface area (Å²) in [6.45, 7) is 10.2. The molecule has 2 aromatic heterocycles. The van der Waals surface area contributed by atoms with Crippen LogP contribution in [-0.4, -0.2) is 77.3 Å². The third kappa shape index (κ3) is 12.1. The van der Waals surface area contributed by atoms with Crippen LogP contribution in [0.15, 0.2) is 107 Å². The summed E-state index contributed by atoms with van der Waals surface area (Å²) in [5.41, 5.74) is 2.94. The fourth-order valence-electron chi connectivity index (χ4n) is 6.05. The van der Waals surface area contributed by atoms with Crippen molar-refractivity contribution in [1.29, 1.82) is 0 Å². The molecule has 0 saturated carbocycles. The van der Waals surface area contributed by atoms with E-state index in [0.717, 1.165) is 106 Å². The van der Waals surface area contributed by atoms with E-state index in [2.05, 4.69) is 50.0 Å². The number of ether oxygens (including phenoxy) is 4. The van der Waals surface area contributed by atoms with E-state index >= 15 is 0 Å². The monoisotopic (exact) mass is 860 g/mol. The van der Waals surface area contributed by atoms with Gasteiger partial charge in [0.05, 0.1) is 6.61 Å². The minimum absolute atomic E-state index is 0. The molecule has 0 bridgehead atoms. The van der Waals surface area contributed by atoms with Gasteiger partial charge in [0.2, 0.25) is 0 Å². The molecule has 0 spiro atoms. The Morgan fingerprint density at radius 1 is 0.722 bits per heavy atom. The van der Waals surface area contributed by atoms with E-state index in [1.165, 1.54) is 12.8 Å². The van der Waals surface area contributed by atoms with E-state index in [1.807, 2.05) is 84.9 Å². The van der Waals surface area contributed by atoms with Crippen LogP contribution < -0.4 is 24.3 Å². The van der Waals surface area contributed by atoms with Crippen molar-refractivity contribution in [2.75, 3.05) is 51.3 Å². The zero-order valence-electron chi connectivity index (χ0n) is 30.1. The largest absolute Gasteiger partial charge is 0.493 e. The van der Waals surface area contributed by atoms with Gasteiger partial charge in [-0.1, -0.05) is 39.1 Å². The zero-order valence-corrected chi connectivity index (χ0v) is 34.1. The summed E-state index contributed by atoms with van der Waals surface area (Å²) in [5.74, 6) is 3.35. The van der Waals surface area contributed by atoms with Gasteiger partial charge >= 0.3 is 0 Å². The number of benzene rings is 4. The first-order valence-corrected chi connectivity index (χ1v) is 19.4. The topological polar surface area (TPSA) is 104 Å². The quantitative estimate of drug-likeness (QED) is 0.127. The van der Waals surface area contributed by atoms with Crippen molar-refractivity contribution >= 4 is 73.7 Å². The molecule has 8 rings (SSSR count). The maximum atomic E-state index is 6.19. The van der Waals surface area contributed by atoms with Crippen molar-refractivity contribution in [3.8, 4) is 23.0 Å². The Labute approximate surface area is 339 Å². The first-order valence-electron chi connectivity index (χ1n) is 17.5. The predicted molar refractivity (Wildman–Crippen MR) is 220 cm³/mol. The average molecular weight is 863 g/mol. The number of nitrogens with zero attached hydrogens (tertiary/aromatic N) is 3. The molecule has 54 heavy (non-hydrogen) atoms. The molecule has 4 aromatic carbocycles. The maximum Gasteiger partial charge on any atom is 0.181 e. The minimum Gasteiger partial charge on any atom is -0.493 e. The van der Waals surface area contributed by atoms with Gasteiger partial charge in [-0.25, -0.2) is 9.97 Å². The summed E-state index contributed by atoms with van der Waals surface area (Å²) in [7, 11) is 0. The lowest BCUT2D eigenvalue weighted by atomic mass is 10.1. The molecule has 1 N–H and O–H groups in total. The van der Waals surface area contributed by atoms with E-state index in [1.54, 1.807) is 0 Å². The van der Waals surface area contributed by atoms with E-state index < -0.39 is 0 Å². The number of nitrogens with one attached hydrogen (secondary N) is 1. The number of oxazole rings is 2. The number of hydrogen-bond acceptors (Lipinski definition) is 10. The van der Waals surface area contributed by atoms with Crippen molar-refractivity contribution in [1.82, 2.24) is 20.2 Å². The van der Waals surface area contributed by atoms with Gasteiger partial charge < -0.3 is 33.1 Å². The molecule has 2 atom stereocenters. The molecule has 2 aliphatic heterocycles. The number of rotatable bonds is 11. The molecule has 0 amide bonds. The third-order valence-corrected chi connectivity index (χ3v) is 9.66. The van der Waals surface area contributed by atoms with Crippen LogP contribution in [0, 0.1) is 0 Å². The first kappa shape index (κ1) is 41.5. The maximum absolute atomic E-state index is 6.19. The minimum atomic E-state index is -0.188. The average Bonchev–Trinajstić information content (AvgIpc) is 3.98. The smallest absolute Gasteiger partial charge is 0.181 e. The summed E-state index contributed by atoms with van der Waals surface area (Å²) < 4.78 is 33.8. The highest BCUT2D eigenvalue weighted by Gasteiger charge is 2.35. The highest BCUT2D eigenvalue weighted by molar-refractivity contribution is 9.09. The van der Waals surface area contributed by atoms with Gasteiger partial charge in [0.25, 0.3) is 0 Å². The Hall–Kier alpha value is -3.71. The van der Waals surface area contributed by atoms with Crippen molar-refractivity contribution in [3.05, 3.63) is 108 Å². The van der Waals surface area contributed by atoms with Crippen LogP contribution in [0.5, 0.6) is 23.0 Å². The van der Waals surface area contributed by atoms with Crippen molar-refractivity contribution in [3.63, 3.8) is 0 Å². The molecule has 10 nitrogen and oxygen atoms in total. The van der Waals surface area contributed by atoms with Gasteiger partial charge in [-0.05, 0) is 93.2 Å². The lowest BCUT2D eigenvalue weighted by Gasteiger charge is -2.26. The molecule has 6 aromatic rings. The van der Waals surface area contributed by atoms with E-state index in [9.17, 15) is 0 Å². The normalized spacial score (nSPS) is 19.3. The number of alkyl halides is 1.